The normalized spacial score (nSPS) is 16.1. The zero-order chi connectivity index (χ0) is 12.4. The number of rotatable bonds is 4. The second-order valence-electron chi connectivity index (χ2n) is 3.66. The van der Waals surface area contributed by atoms with Crippen LogP contribution in [0.3, 0.4) is 0 Å². The highest BCUT2D eigenvalue weighted by atomic mass is 32.1. The Morgan fingerprint density at radius 3 is 2.38 bits per heavy atom. The van der Waals surface area contributed by atoms with E-state index in [0.29, 0.717) is 35.5 Å². The van der Waals surface area contributed by atoms with E-state index in [-0.39, 0.29) is 0 Å². The standard InChI is InChI=1S/C10H14F3NOS/c1-3-5-9(15,4-2)7-6-14-8(16-7)10(11,12)13/h6,15H,3-5H2,1-2H3. The van der Waals surface area contributed by atoms with Gasteiger partial charge < -0.3 is 5.11 Å². The first-order chi connectivity index (χ1) is 7.33. The van der Waals surface area contributed by atoms with Crippen LogP contribution in [0.4, 0.5) is 13.2 Å². The number of hydrogen-bond acceptors (Lipinski definition) is 3. The minimum absolute atomic E-state index is 0.296. The van der Waals surface area contributed by atoms with Gasteiger partial charge in [0.15, 0.2) is 5.01 Å². The first kappa shape index (κ1) is 13.4. The molecule has 0 radical (unpaired) electrons. The Morgan fingerprint density at radius 2 is 2.00 bits per heavy atom. The second kappa shape index (κ2) is 4.71. The SMILES string of the molecule is CCCC(O)(CC)c1cnc(C(F)(F)F)s1. The van der Waals surface area contributed by atoms with Crippen LogP contribution in [0.2, 0.25) is 0 Å². The Labute approximate surface area is 96.1 Å². The zero-order valence-electron chi connectivity index (χ0n) is 9.14. The molecule has 0 aliphatic carbocycles. The van der Waals surface area contributed by atoms with Crippen molar-refractivity contribution in [1.29, 1.82) is 0 Å². The first-order valence-electron chi connectivity index (χ1n) is 5.09. The quantitative estimate of drug-likeness (QED) is 0.890. The van der Waals surface area contributed by atoms with E-state index >= 15 is 0 Å². The fraction of sp³-hybridized carbons (Fsp3) is 0.700. The molecule has 1 N–H and O–H groups in total. The van der Waals surface area contributed by atoms with Crippen LogP contribution < -0.4 is 0 Å². The molecular formula is C10H14F3NOS. The zero-order valence-corrected chi connectivity index (χ0v) is 9.95. The predicted molar refractivity (Wildman–Crippen MR) is 56.2 cm³/mol. The summed E-state index contributed by atoms with van der Waals surface area (Å²) in [4.78, 5) is 3.61. The van der Waals surface area contributed by atoms with Gasteiger partial charge in [-0.15, -0.1) is 11.3 Å². The number of hydrogen-bond donors (Lipinski definition) is 1. The Hall–Kier alpha value is -0.620. The molecule has 0 aliphatic rings. The smallest absolute Gasteiger partial charge is 0.384 e. The molecule has 6 heteroatoms. The molecule has 0 aliphatic heterocycles. The highest BCUT2D eigenvalue weighted by molar-refractivity contribution is 7.11. The number of thiazole rings is 1. The number of alkyl halides is 3. The number of nitrogens with zero attached hydrogens (tertiary/aromatic N) is 1. The highest BCUT2D eigenvalue weighted by Crippen LogP contribution is 2.39. The number of aromatic nitrogens is 1. The van der Waals surface area contributed by atoms with Gasteiger partial charge in [0, 0.05) is 6.20 Å². The maximum Gasteiger partial charge on any atom is 0.443 e. The van der Waals surface area contributed by atoms with Crippen LogP contribution in [0, 0.1) is 0 Å². The summed E-state index contributed by atoms with van der Waals surface area (Å²) in [6.45, 7) is 3.63. The molecule has 1 rings (SSSR count). The fourth-order valence-corrected chi connectivity index (χ4v) is 2.48. The molecule has 2 nitrogen and oxygen atoms in total. The summed E-state index contributed by atoms with van der Waals surface area (Å²) in [7, 11) is 0. The Balaban J connectivity index is 3.00. The maximum absolute atomic E-state index is 12.3. The van der Waals surface area contributed by atoms with Crippen LogP contribution in [-0.2, 0) is 11.8 Å². The van der Waals surface area contributed by atoms with Crippen LogP contribution >= 0.6 is 11.3 Å². The van der Waals surface area contributed by atoms with Gasteiger partial charge >= 0.3 is 6.18 Å². The molecule has 0 aromatic carbocycles. The highest BCUT2D eigenvalue weighted by Gasteiger charge is 2.37. The van der Waals surface area contributed by atoms with Gasteiger partial charge in [0.2, 0.25) is 0 Å². The van der Waals surface area contributed by atoms with Gasteiger partial charge in [0.05, 0.1) is 4.88 Å². The lowest BCUT2D eigenvalue weighted by Crippen LogP contribution is -2.22. The van der Waals surface area contributed by atoms with Gasteiger partial charge in [-0.25, -0.2) is 4.98 Å². The van der Waals surface area contributed by atoms with Crippen molar-refractivity contribution in [2.45, 2.75) is 44.9 Å². The summed E-state index contributed by atoms with van der Waals surface area (Å²) in [5.74, 6) is 0. The summed E-state index contributed by atoms with van der Waals surface area (Å²) < 4.78 is 37.0. The topological polar surface area (TPSA) is 33.1 Å². The van der Waals surface area contributed by atoms with E-state index < -0.39 is 16.8 Å². The molecule has 1 unspecified atom stereocenters. The molecule has 1 aromatic rings. The van der Waals surface area contributed by atoms with Gasteiger partial charge in [0.25, 0.3) is 0 Å². The third kappa shape index (κ3) is 2.74. The van der Waals surface area contributed by atoms with Gasteiger partial charge in [0.1, 0.15) is 5.60 Å². The Bertz CT molecular complexity index is 350. The summed E-state index contributed by atoms with van der Waals surface area (Å²) in [6, 6.07) is 0. The van der Waals surface area contributed by atoms with E-state index in [9.17, 15) is 18.3 Å². The lowest BCUT2D eigenvalue weighted by molar-refractivity contribution is -0.137. The first-order valence-corrected chi connectivity index (χ1v) is 5.91. The summed E-state index contributed by atoms with van der Waals surface area (Å²) >= 11 is 0.525. The monoisotopic (exact) mass is 253 g/mol. The molecular weight excluding hydrogens is 239 g/mol. The lowest BCUT2D eigenvalue weighted by Gasteiger charge is -2.24. The van der Waals surface area contributed by atoms with Gasteiger partial charge in [-0.3, -0.25) is 0 Å². The minimum Gasteiger partial charge on any atom is -0.384 e. The Morgan fingerprint density at radius 1 is 1.38 bits per heavy atom. The van der Waals surface area contributed by atoms with E-state index in [2.05, 4.69) is 4.98 Å². The molecule has 0 spiro atoms. The number of aliphatic hydroxyl groups is 1. The minimum atomic E-state index is -4.43. The fourth-order valence-electron chi connectivity index (χ4n) is 1.51. The van der Waals surface area contributed by atoms with Crippen molar-refractivity contribution in [3.63, 3.8) is 0 Å². The average Bonchev–Trinajstić information content (AvgIpc) is 2.66. The van der Waals surface area contributed by atoms with Crippen molar-refractivity contribution in [1.82, 2.24) is 4.98 Å². The van der Waals surface area contributed by atoms with E-state index in [4.69, 9.17) is 0 Å². The van der Waals surface area contributed by atoms with Crippen LogP contribution in [0.15, 0.2) is 6.20 Å². The third-order valence-corrected chi connectivity index (χ3v) is 3.69. The number of halogens is 3. The summed E-state index contributed by atoms with van der Waals surface area (Å²) in [6.07, 6.45) is -1.75. The Kier molecular flexibility index (Phi) is 3.96. The van der Waals surface area contributed by atoms with Crippen LogP contribution in [0.25, 0.3) is 0 Å². The van der Waals surface area contributed by atoms with Crippen molar-refractivity contribution in [3.8, 4) is 0 Å². The van der Waals surface area contributed by atoms with Gasteiger partial charge in [-0.05, 0) is 12.8 Å². The lowest BCUT2D eigenvalue weighted by atomic mass is 9.94. The molecule has 0 amide bonds. The van der Waals surface area contributed by atoms with Crippen LogP contribution in [-0.4, -0.2) is 10.1 Å². The molecule has 0 fully saturated rings. The van der Waals surface area contributed by atoms with Crippen molar-refractivity contribution in [2.24, 2.45) is 0 Å². The third-order valence-electron chi connectivity index (χ3n) is 2.46. The molecule has 1 aromatic heterocycles. The maximum atomic E-state index is 12.3. The molecule has 92 valence electrons. The van der Waals surface area contributed by atoms with E-state index in [1.165, 1.54) is 0 Å². The van der Waals surface area contributed by atoms with Crippen molar-refractivity contribution >= 4 is 11.3 Å². The van der Waals surface area contributed by atoms with Gasteiger partial charge in [-0.1, -0.05) is 20.3 Å². The molecule has 0 bridgehead atoms. The van der Waals surface area contributed by atoms with E-state index in [1.54, 1.807) is 6.92 Å². The molecule has 0 saturated carbocycles. The van der Waals surface area contributed by atoms with Gasteiger partial charge in [-0.2, -0.15) is 13.2 Å². The van der Waals surface area contributed by atoms with Crippen LogP contribution in [0.1, 0.15) is 43.0 Å². The molecule has 16 heavy (non-hydrogen) atoms. The van der Waals surface area contributed by atoms with Crippen molar-refractivity contribution in [3.05, 3.63) is 16.1 Å². The molecule has 1 heterocycles. The predicted octanol–water partition coefficient (Wildman–Crippen LogP) is 3.56. The van der Waals surface area contributed by atoms with E-state index in [0.717, 1.165) is 6.20 Å². The summed E-state index contributed by atoms with van der Waals surface area (Å²) in [5, 5.41) is 9.28. The average molecular weight is 253 g/mol. The molecule has 1 atom stereocenters. The van der Waals surface area contributed by atoms with E-state index in [1.807, 2.05) is 6.92 Å². The second-order valence-corrected chi connectivity index (χ2v) is 4.69. The van der Waals surface area contributed by atoms with Crippen LogP contribution in [0.5, 0.6) is 0 Å². The largest absolute Gasteiger partial charge is 0.443 e. The van der Waals surface area contributed by atoms with Crippen molar-refractivity contribution < 1.29 is 18.3 Å². The molecule has 0 saturated heterocycles. The summed E-state index contributed by atoms with van der Waals surface area (Å²) in [5.41, 5.74) is -1.17. The van der Waals surface area contributed by atoms with Crippen molar-refractivity contribution in [2.75, 3.05) is 0 Å².